The number of nitrogens with two attached hydrogens (primary N) is 1. The van der Waals surface area contributed by atoms with E-state index in [2.05, 4.69) is 36.2 Å². The number of aromatic nitrogens is 1. The van der Waals surface area contributed by atoms with E-state index in [1.165, 1.54) is 22.2 Å². The lowest BCUT2D eigenvalue weighted by atomic mass is 10.1. The molecule has 0 spiro atoms. The van der Waals surface area contributed by atoms with E-state index in [4.69, 9.17) is 5.73 Å². The van der Waals surface area contributed by atoms with E-state index in [-0.39, 0.29) is 6.04 Å². The third-order valence-electron chi connectivity index (χ3n) is 2.69. The van der Waals surface area contributed by atoms with Crippen molar-refractivity contribution < 1.29 is 0 Å². The number of hydrogen-bond acceptors (Lipinski definition) is 1. The van der Waals surface area contributed by atoms with E-state index in [9.17, 15) is 0 Å². The molecule has 0 saturated carbocycles. The molecule has 2 heteroatoms. The van der Waals surface area contributed by atoms with E-state index in [1.54, 1.807) is 0 Å². The number of hydrogen-bond donors (Lipinski definition) is 2. The van der Waals surface area contributed by atoms with Crippen LogP contribution in [0.4, 0.5) is 0 Å². The van der Waals surface area contributed by atoms with Gasteiger partial charge in [0.1, 0.15) is 0 Å². The van der Waals surface area contributed by atoms with Crippen LogP contribution in [-0.4, -0.2) is 11.0 Å². The quantitative estimate of drug-likeness (QED) is 0.789. The summed E-state index contributed by atoms with van der Waals surface area (Å²) in [5.74, 6) is 0. The highest BCUT2D eigenvalue weighted by Crippen LogP contribution is 2.18. The summed E-state index contributed by atoms with van der Waals surface area (Å²) < 4.78 is 0. The summed E-state index contributed by atoms with van der Waals surface area (Å²) in [5.41, 5.74) is 9.61. The van der Waals surface area contributed by atoms with Gasteiger partial charge in [0.15, 0.2) is 0 Å². The molecule has 2 nitrogen and oxygen atoms in total. The predicted octanol–water partition coefficient (Wildman–Crippen LogP) is 2.62. The van der Waals surface area contributed by atoms with Crippen molar-refractivity contribution in [2.24, 2.45) is 5.73 Å². The Hall–Kier alpha value is -1.28. The van der Waals surface area contributed by atoms with Crippen LogP contribution in [0.15, 0.2) is 24.3 Å². The molecule has 80 valence electrons. The molecule has 0 aliphatic carbocycles. The van der Waals surface area contributed by atoms with Gasteiger partial charge in [0.25, 0.3) is 0 Å². The first-order valence-electron chi connectivity index (χ1n) is 5.55. The molecule has 0 aliphatic heterocycles. The molecule has 0 amide bonds. The highest BCUT2D eigenvalue weighted by atomic mass is 14.7. The van der Waals surface area contributed by atoms with E-state index in [0.29, 0.717) is 0 Å². The Morgan fingerprint density at radius 3 is 2.80 bits per heavy atom. The number of benzene rings is 1. The fourth-order valence-electron chi connectivity index (χ4n) is 1.92. The molecule has 2 aromatic rings. The number of aromatic amines is 1. The minimum Gasteiger partial charge on any atom is -0.358 e. The van der Waals surface area contributed by atoms with Crippen LogP contribution >= 0.6 is 0 Å². The molecule has 1 atom stereocenters. The van der Waals surface area contributed by atoms with Crippen LogP contribution in [0.5, 0.6) is 0 Å². The van der Waals surface area contributed by atoms with Gasteiger partial charge in [0.2, 0.25) is 0 Å². The van der Waals surface area contributed by atoms with E-state index in [0.717, 1.165) is 12.8 Å². The fourth-order valence-corrected chi connectivity index (χ4v) is 1.92. The van der Waals surface area contributed by atoms with Gasteiger partial charge in [-0.15, -0.1) is 0 Å². The van der Waals surface area contributed by atoms with Gasteiger partial charge in [-0.05, 0) is 42.5 Å². The lowest BCUT2D eigenvalue weighted by Gasteiger charge is -2.00. The van der Waals surface area contributed by atoms with Crippen LogP contribution in [-0.2, 0) is 12.8 Å². The van der Waals surface area contributed by atoms with Crippen molar-refractivity contribution in [3.05, 3.63) is 35.5 Å². The zero-order valence-corrected chi connectivity index (χ0v) is 9.38. The number of H-pyrrole nitrogens is 1. The molecule has 0 bridgehead atoms. The zero-order valence-electron chi connectivity index (χ0n) is 9.38. The number of nitrogens with one attached hydrogen (secondary N) is 1. The summed E-state index contributed by atoms with van der Waals surface area (Å²) in [7, 11) is 0. The van der Waals surface area contributed by atoms with E-state index >= 15 is 0 Å². The molecule has 1 aromatic heterocycles. The van der Waals surface area contributed by atoms with Gasteiger partial charge in [-0.25, -0.2) is 0 Å². The first-order valence-corrected chi connectivity index (χ1v) is 5.55. The van der Waals surface area contributed by atoms with Crippen molar-refractivity contribution in [2.75, 3.05) is 0 Å². The van der Waals surface area contributed by atoms with Crippen LogP contribution in [0.1, 0.15) is 25.1 Å². The second kappa shape index (κ2) is 4.07. The molecular weight excluding hydrogens is 184 g/mol. The van der Waals surface area contributed by atoms with Crippen LogP contribution in [0.25, 0.3) is 10.9 Å². The normalized spacial score (nSPS) is 13.3. The SMILES string of the molecule is CCc1ccc2[nH]c(CC(C)N)cc2c1. The molecule has 0 radical (unpaired) electrons. The van der Waals surface area contributed by atoms with Crippen molar-refractivity contribution in [3.63, 3.8) is 0 Å². The average molecular weight is 202 g/mol. The number of fused-ring (bicyclic) bond motifs is 1. The third-order valence-corrected chi connectivity index (χ3v) is 2.69. The van der Waals surface area contributed by atoms with Crippen LogP contribution in [0, 0.1) is 0 Å². The predicted molar refractivity (Wildman–Crippen MR) is 65.0 cm³/mol. The van der Waals surface area contributed by atoms with Crippen molar-refractivity contribution in [1.82, 2.24) is 4.98 Å². The van der Waals surface area contributed by atoms with Crippen molar-refractivity contribution in [3.8, 4) is 0 Å². The van der Waals surface area contributed by atoms with Gasteiger partial charge in [-0.3, -0.25) is 0 Å². The van der Waals surface area contributed by atoms with E-state index in [1.807, 2.05) is 6.92 Å². The Balaban J connectivity index is 2.37. The largest absolute Gasteiger partial charge is 0.358 e. The Kier molecular flexibility index (Phi) is 2.78. The maximum absolute atomic E-state index is 5.78. The minimum atomic E-state index is 0.212. The summed E-state index contributed by atoms with van der Waals surface area (Å²) in [6.07, 6.45) is 2.00. The van der Waals surface area contributed by atoms with Crippen molar-refractivity contribution >= 4 is 10.9 Å². The molecule has 0 saturated heterocycles. The molecular formula is C13H18N2. The average Bonchev–Trinajstić information content (AvgIpc) is 2.57. The van der Waals surface area contributed by atoms with Gasteiger partial charge in [0.05, 0.1) is 0 Å². The van der Waals surface area contributed by atoms with Crippen LogP contribution < -0.4 is 5.73 Å². The topological polar surface area (TPSA) is 41.8 Å². The molecule has 15 heavy (non-hydrogen) atoms. The maximum atomic E-state index is 5.78. The van der Waals surface area contributed by atoms with Crippen LogP contribution in [0.3, 0.4) is 0 Å². The third kappa shape index (κ3) is 2.21. The monoisotopic (exact) mass is 202 g/mol. The van der Waals surface area contributed by atoms with Crippen LogP contribution in [0.2, 0.25) is 0 Å². The maximum Gasteiger partial charge on any atom is 0.0456 e. The van der Waals surface area contributed by atoms with Crippen molar-refractivity contribution in [2.45, 2.75) is 32.7 Å². The summed E-state index contributed by atoms with van der Waals surface area (Å²) in [6, 6.07) is 8.99. The fraction of sp³-hybridized carbons (Fsp3) is 0.385. The Morgan fingerprint density at radius 2 is 2.13 bits per heavy atom. The molecule has 2 rings (SSSR count). The van der Waals surface area contributed by atoms with Gasteiger partial charge < -0.3 is 10.7 Å². The zero-order chi connectivity index (χ0) is 10.8. The minimum absolute atomic E-state index is 0.212. The number of aryl methyl sites for hydroxylation is 1. The molecule has 3 N–H and O–H groups in total. The molecule has 0 aliphatic rings. The molecule has 1 heterocycles. The summed E-state index contributed by atoms with van der Waals surface area (Å²) in [4.78, 5) is 3.40. The first-order chi connectivity index (χ1) is 7.19. The highest BCUT2D eigenvalue weighted by molar-refractivity contribution is 5.81. The highest BCUT2D eigenvalue weighted by Gasteiger charge is 2.03. The summed E-state index contributed by atoms with van der Waals surface area (Å²) in [6.45, 7) is 4.21. The van der Waals surface area contributed by atoms with E-state index < -0.39 is 0 Å². The lowest BCUT2D eigenvalue weighted by Crippen LogP contribution is -2.17. The lowest BCUT2D eigenvalue weighted by molar-refractivity contribution is 0.727. The van der Waals surface area contributed by atoms with Crippen molar-refractivity contribution in [1.29, 1.82) is 0 Å². The molecule has 1 unspecified atom stereocenters. The number of rotatable bonds is 3. The Labute approximate surface area is 90.5 Å². The second-order valence-electron chi connectivity index (χ2n) is 4.25. The molecule has 0 fully saturated rings. The Bertz CT molecular complexity index is 455. The van der Waals surface area contributed by atoms with Gasteiger partial charge in [-0.2, -0.15) is 0 Å². The second-order valence-corrected chi connectivity index (χ2v) is 4.25. The van der Waals surface area contributed by atoms with Gasteiger partial charge in [0, 0.05) is 23.7 Å². The summed E-state index contributed by atoms with van der Waals surface area (Å²) >= 11 is 0. The standard InChI is InChI=1S/C13H18N2/c1-3-10-4-5-13-11(7-10)8-12(15-13)6-9(2)14/h4-5,7-9,15H,3,6,14H2,1-2H3. The Morgan fingerprint density at radius 1 is 1.33 bits per heavy atom. The summed E-state index contributed by atoms with van der Waals surface area (Å²) in [5, 5.41) is 1.30. The van der Waals surface area contributed by atoms with Gasteiger partial charge in [-0.1, -0.05) is 13.0 Å². The smallest absolute Gasteiger partial charge is 0.0456 e. The first kappa shape index (κ1) is 10.2. The van der Waals surface area contributed by atoms with Gasteiger partial charge >= 0.3 is 0 Å². The molecule has 1 aromatic carbocycles.